The van der Waals surface area contributed by atoms with E-state index < -0.39 is 6.10 Å². The maximum atomic E-state index is 12.9. The molecule has 0 saturated carbocycles. The van der Waals surface area contributed by atoms with Crippen LogP contribution in [0.3, 0.4) is 0 Å². The zero-order valence-corrected chi connectivity index (χ0v) is 47.2. The number of unbranched alkanes of at least 4 members (excludes halogenated alkanes) is 35. The molecule has 0 aromatic carbocycles. The van der Waals surface area contributed by atoms with Gasteiger partial charge in [-0.2, -0.15) is 0 Å². The minimum Gasteiger partial charge on any atom is -0.462 e. The van der Waals surface area contributed by atoms with E-state index in [0.29, 0.717) is 19.3 Å². The lowest BCUT2D eigenvalue weighted by molar-refractivity contribution is -0.167. The summed E-state index contributed by atoms with van der Waals surface area (Å²) in [5.41, 5.74) is 0. The Morgan fingerprint density at radius 3 is 0.873 bits per heavy atom. The molecule has 6 heteroatoms. The molecule has 0 N–H and O–H groups in total. The molecule has 0 amide bonds. The molecule has 0 aromatic rings. The van der Waals surface area contributed by atoms with Crippen LogP contribution in [-0.4, -0.2) is 37.2 Å². The average molecular weight is 994 g/mol. The molecule has 0 spiro atoms. The lowest BCUT2D eigenvalue weighted by Crippen LogP contribution is -2.30. The number of hydrogen-bond acceptors (Lipinski definition) is 6. The molecule has 0 saturated heterocycles. The maximum Gasteiger partial charge on any atom is 0.306 e. The van der Waals surface area contributed by atoms with E-state index in [1.54, 1.807) is 0 Å². The number of carbonyl (C=O) groups is 3. The molecule has 0 aliphatic heterocycles. The second-order valence-corrected chi connectivity index (χ2v) is 20.6. The minimum absolute atomic E-state index is 0.0768. The zero-order chi connectivity index (χ0) is 51.4. The highest BCUT2D eigenvalue weighted by Crippen LogP contribution is 2.17. The van der Waals surface area contributed by atoms with Gasteiger partial charge < -0.3 is 14.2 Å². The van der Waals surface area contributed by atoms with Crippen molar-refractivity contribution in [3.05, 3.63) is 60.8 Å². The van der Waals surface area contributed by atoms with Gasteiger partial charge in [0.2, 0.25) is 0 Å². The van der Waals surface area contributed by atoms with Crippen molar-refractivity contribution in [2.45, 2.75) is 322 Å². The van der Waals surface area contributed by atoms with Gasteiger partial charge in [0, 0.05) is 19.3 Å². The van der Waals surface area contributed by atoms with Gasteiger partial charge in [0.25, 0.3) is 0 Å². The molecule has 71 heavy (non-hydrogen) atoms. The van der Waals surface area contributed by atoms with Gasteiger partial charge in [-0.1, -0.05) is 274 Å². The van der Waals surface area contributed by atoms with Crippen LogP contribution in [-0.2, 0) is 28.6 Å². The molecule has 0 rings (SSSR count). The Balaban J connectivity index is 4.36. The van der Waals surface area contributed by atoms with Crippen LogP contribution in [0.1, 0.15) is 316 Å². The standard InChI is InChI=1S/C65H116O6/c1-4-7-10-13-16-19-22-25-28-31-32-33-34-35-38-40-43-46-49-52-55-58-64(67)70-61-62(71-65(68)59-56-53-50-47-44-41-37-30-27-24-21-18-15-12-9-6-3)60-69-63(66)57-54-51-48-45-42-39-36-29-26-23-20-17-14-11-8-5-2/h7,10,16,19,25,28,30,32-33,37,62H,4-6,8-9,11-15,17-18,20-24,26-27,29,31,34-36,38-61H2,1-3H3/b10-7-,19-16-,28-25-,33-32-,37-30-. The fraction of sp³-hybridized carbons (Fsp3) is 0.800. The Morgan fingerprint density at radius 1 is 0.296 bits per heavy atom. The van der Waals surface area contributed by atoms with Crippen molar-refractivity contribution in [3.8, 4) is 0 Å². The van der Waals surface area contributed by atoms with Crippen molar-refractivity contribution in [1.82, 2.24) is 0 Å². The Bertz CT molecular complexity index is 1280. The summed E-state index contributed by atoms with van der Waals surface area (Å²) in [4.78, 5) is 38.3. The predicted molar refractivity (Wildman–Crippen MR) is 307 cm³/mol. The van der Waals surface area contributed by atoms with E-state index in [1.165, 1.54) is 180 Å². The minimum atomic E-state index is -0.781. The molecule has 0 aromatic heterocycles. The monoisotopic (exact) mass is 993 g/mol. The third kappa shape index (κ3) is 57.9. The van der Waals surface area contributed by atoms with Gasteiger partial charge in [0.15, 0.2) is 6.10 Å². The lowest BCUT2D eigenvalue weighted by atomic mass is 10.0. The molecule has 0 radical (unpaired) electrons. The van der Waals surface area contributed by atoms with Crippen molar-refractivity contribution >= 4 is 17.9 Å². The first-order chi connectivity index (χ1) is 35.0. The Morgan fingerprint density at radius 2 is 0.549 bits per heavy atom. The van der Waals surface area contributed by atoms with Gasteiger partial charge in [0.05, 0.1) is 0 Å². The van der Waals surface area contributed by atoms with E-state index in [-0.39, 0.29) is 31.1 Å². The van der Waals surface area contributed by atoms with E-state index in [9.17, 15) is 14.4 Å². The molecule has 0 bridgehead atoms. The van der Waals surface area contributed by atoms with E-state index in [0.717, 1.165) is 96.3 Å². The lowest BCUT2D eigenvalue weighted by Gasteiger charge is -2.18. The normalized spacial score (nSPS) is 12.4. The van der Waals surface area contributed by atoms with Crippen molar-refractivity contribution in [2.75, 3.05) is 13.2 Å². The molecule has 1 atom stereocenters. The van der Waals surface area contributed by atoms with Crippen molar-refractivity contribution < 1.29 is 28.6 Å². The van der Waals surface area contributed by atoms with E-state index in [2.05, 4.69) is 81.5 Å². The van der Waals surface area contributed by atoms with Crippen LogP contribution in [0.5, 0.6) is 0 Å². The smallest absolute Gasteiger partial charge is 0.306 e. The first kappa shape index (κ1) is 68.1. The molecule has 6 nitrogen and oxygen atoms in total. The first-order valence-corrected chi connectivity index (χ1v) is 30.8. The average Bonchev–Trinajstić information content (AvgIpc) is 3.37. The molecular weight excluding hydrogens is 877 g/mol. The zero-order valence-electron chi connectivity index (χ0n) is 47.2. The molecule has 1 unspecified atom stereocenters. The molecule has 0 aliphatic rings. The number of carbonyl (C=O) groups excluding carboxylic acids is 3. The highest BCUT2D eigenvalue weighted by Gasteiger charge is 2.19. The van der Waals surface area contributed by atoms with E-state index >= 15 is 0 Å². The highest BCUT2D eigenvalue weighted by atomic mass is 16.6. The summed E-state index contributed by atoms with van der Waals surface area (Å²) in [7, 11) is 0. The third-order valence-electron chi connectivity index (χ3n) is 13.5. The van der Waals surface area contributed by atoms with Gasteiger partial charge >= 0.3 is 17.9 Å². The van der Waals surface area contributed by atoms with Crippen LogP contribution in [0, 0.1) is 0 Å². The Labute approximate surface area is 440 Å². The second-order valence-electron chi connectivity index (χ2n) is 20.6. The summed E-state index contributed by atoms with van der Waals surface area (Å²) in [6, 6.07) is 0. The maximum absolute atomic E-state index is 12.9. The summed E-state index contributed by atoms with van der Waals surface area (Å²) >= 11 is 0. The van der Waals surface area contributed by atoms with Crippen LogP contribution in [0.15, 0.2) is 60.8 Å². The van der Waals surface area contributed by atoms with Crippen LogP contribution in [0.2, 0.25) is 0 Å². The molecule has 412 valence electrons. The molecule has 0 heterocycles. The van der Waals surface area contributed by atoms with Crippen LogP contribution in [0.25, 0.3) is 0 Å². The predicted octanol–water partition coefficient (Wildman–Crippen LogP) is 20.8. The number of rotatable bonds is 56. The fourth-order valence-electron chi connectivity index (χ4n) is 8.90. The first-order valence-electron chi connectivity index (χ1n) is 30.8. The highest BCUT2D eigenvalue weighted by molar-refractivity contribution is 5.71. The number of allylic oxidation sites excluding steroid dienone is 10. The van der Waals surface area contributed by atoms with Gasteiger partial charge in [0.1, 0.15) is 13.2 Å². The third-order valence-corrected chi connectivity index (χ3v) is 13.5. The number of esters is 3. The van der Waals surface area contributed by atoms with Gasteiger partial charge in [-0.15, -0.1) is 0 Å². The second kappa shape index (κ2) is 59.7. The summed E-state index contributed by atoms with van der Waals surface area (Å²) < 4.78 is 16.9. The van der Waals surface area contributed by atoms with Gasteiger partial charge in [-0.3, -0.25) is 14.4 Å². The van der Waals surface area contributed by atoms with E-state index in [4.69, 9.17) is 14.2 Å². The summed E-state index contributed by atoms with van der Waals surface area (Å²) in [5.74, 6) is -0.877. The van der Waals surface area contributed by atoms with E-state index in [1.807, 2.05) is 0 Å². The van der Waals surface area contributed by atoms with Crippen molar-refractivity contribution in [1.29, 1.82) is 0 Å². The van der Waals surface area contributed by atoms with Gasteiger partial charge in [-0.25, -0.2) is 0 Å². The van der Waals surface area contributed by atoms with Crippen LogP contribution < -0.4 is 0 Å². The number of hydrogen-bond donors (Lipinski definition) is 0. The topological polar surface area (TPSA) is 78.9 Å². The SMILES string of the molecule is CC/C=C\C/C=C\C/C=C\C/C=C\CCCCCCCCCCC(=O)OCC(COC(=O)CCCCCCCCCCCCCCCCCC)OC(=O)CCCCCCC/C=C\CCCCCCCCC. The molecule has 0 aliphatic carbocycles. The largest absolute Gasteiger partial charge is 0.462 e. The summed E-state index contributed by atoms with van der Waals surface area (Å²) in [5, 5.41) is 0. The molecular formula is C65H116O6. The van der Waals surface area contributed by atoms with Crippen molar-refractivity contribution in [3.63, 3.8) is 0 Å². The Hall–Kier alpha value is -2.89. The number of ether oxygens (including phenoxy) is 3. The van der Waals surface area contributed by atoms with Crippen LogP contribution >= 0.6 is 0 Å². The molecule has 0 fully saturated rings. The van der Waals surface area contributed by atoms with Gasteiger partial charge in [-0.05, 0) is 83.5 Å². The summed E-state index contributed by atoms with van der Waals surface area (Å²) in [6.07, 6.45) is 75.0. The fourth-order valence-corrected chi connectivity index (χ4v) is 8.90. The van der Waals surface area contributed by atoms with Crippen LogP contribution in [0.4, 0.5) is 0 Å². The Kier molecular flexibility index (Phi) is 57.2. The van der Waals surface area contributed by atoms with Crippen molar-refractivity contribution in [2.24, 2.45) is 0 Å². The quantitative estimate of drug-likeness (QED) is 0.0261. The summed E-state index contributed by atoms with van der Waals surface area (Å²) in [6.45, 7) is 6.55.